The summed E-state index contributed by atoms with van der Waals surface area (Å²) in [6, 6.07) is 5.91. The average Bonchev–Trinajstić information content (AvgIpc) is 2.78. The molecule has 6 heteroatoms. The average molecular weight is 217 g/mol. The lowest BCUT2D eigenvalue weighted by atomic mass is 10.2. The van der Waals surface area contributed by atoms with Crippen molar-refractivity contribution in [3.8, 4) is 11.8 Å². The molecule has 0 amide bonds. The highest BCUT2D eigenvalue weighted by Crippen LogP contribution is 2.14. The van der Waals surface area contributed by atoms with Gasteiger partial charge in [-0.3, -0.25) is 0 Å². The lowest BCUT2D eigenvalue weighted by Gasteiger charge is -2.04. The highest BCUT2D eigenvalue weighted by atomic mass is 19.1. The van der Waals surface area contributed by atoms with Crippen LogP contribution in [0.2, 0.25) is 0 Å². The van der Waals surface area contributed by atoms with Crippen molar-refractivity contribution in [2.75, 3.05) is 0 Å². The summed E-state index contributed by atoms with van der Waals surface area (Å²) in [5, 5.41) is 16.2. The van der Waals surface area contributed by atoms with E-state index in [4.69, 9.17) is 11.0 Å². The van der Waals surface area contributed by atoms with Crippen molar-refractivity contribution in [3.63, 3.8) is 0 Å². The van der Waals surface area contributed by atoms with Crippen LogP contribution in [-0.4, -0.2) is 15.0 Å². The van der Waals surface area contributed by atoms with Crippen molar-refractivity contribution in [2.24, 2.45) is 5.73 Å². The highest BCUT2D eigenvalue weighted by molar-refractivity contribution is 5.42. The van der Waals surface area contributed by atoms with E-state index >= 15 is 0 Å². The van der Waals surface area contributed by atoms with Crippen LogP contribution in [0.1, 0.15) is 11.3 Å². The first kappa shape index (κ1) is 10.3. The molecule has 5 nitrogen and oxygen atoms in total. The Kier molecular flexibility index (Phi) is 2.62. The molecule has 0 radical (unpaired) electrons. The second-order valence-corrected chi connectivity index (χ2v) is 3.12. The number of nitrogens with two attached hydrogens (primary N) is 1. The van der Waals surface area contributed by atoms with E-state index in [9.17, 15) is 4.39 Å². The Bertz CT molecular complexity index is 555. The van der Waals surface area contributed by atoms with Crippen molar-refractivity contribution < 1.29 is 4.39 Å². The zero-order valence-electron chi connectivity index (χ0n) is 8.26. The lowest BCUT2D eigenvalue weighted by Crippen LogP contribution is -2.07. The summed E-state index contributed by atoms with van der Waals surface area (Å²) in [6.07, 6.45) is 1.52. The van der Waals surface area contributed by atoms with E-state index in [0.717, 1.165) is 0 Å². The normalized spacial score (nSPS) is 10.1. The molecule has 0 aliphatic heterocycles. The Morgan fingerprint density at radius 1 is 1.50 bits per heavy atom. The molecule has 0 atom stereocenters. The van der Waals surface area contributed by atoms with E-state index in [1.165, 1.54) is 29.1 Å². The van der Waals surface area contributed by atoms with Gasteiger partial charge >= 0.3 is 0 Å². The van der Waals surface area contributed by atoms with E-state index < -0.39 is 5.82 Å². The number of benzene rings is 1. The lowest BCUT2D eigenvalue weighted by molar-refractivity contribution is 0.622. The molecule has 16 heavy (non-hydrogen) atoms. The van der Waals surface area contributed by atoms with Gasteiger partial charge in [-0.25, -0.2) is 9.07 Å². The van der Waals surface area contributed by atoms with Gasteiger partial charge in [0, 0.05) is 6.54 Å². The summed E-state index contributed by atoms with van der Waals surface area (Å²) in [5.41, 5.74) is 6.72. The van der Waals surface area contributed by atoms with Crippen LogP contribution in [0.25, 0.3) is 5.69 Å². The molecule has 2 aromatic rings. The van der Waals surface area contributed by atoms with Gasteiger partial charge in [-0.05, 0) is 18.2 Å². The van der Waals surface area contributed by atoms with Gasteiger partial charge in [-0.1, -0.05) is 5.21 Å². The number of nitrogens with zero attached hydrogens (tertiary/aromatic N) is 4. The molecule has 0 saturated carbocycles. The monoisotopic (exact) mass is 217 g/mol. The molecule has 80 valence electrons. The molecule has 1 heterocycles. The largest absolute Gasteiger partial charge is 0.325 e. The van der Waals surface area contributed by atoms with E-state index in [-0.39, 0.29) is 12.1 Å². The van der Waals surface area contributed by atoms with Crippen molar-refractivity contribution in [2.45, 2.75) is 6.54 Å². The van der Waals surface area contributed by atoms with Crippen LogP contribution >= 0.6 is 0 Å². The molecule has 1 aromatic heterocycles. The van der Waals surface area contributed by atoms with Gasteiger partial charge in [0.2, 0.25) is 0 Å². The molecule has 0 aliphatic rings. The van der Waals surface area contributed by atoms with Gasteiger partial charge in [-0.15, -0.1) is 5.10 Å². The first-order valence-corrected chi connectivity index (χ1v) is 4.56. The Morgan fingerprint density at radius 3 is 3.00 bits per heavy atom. The van der Waals surface area contributed by atoms with Crippen molar-refractivity contribution in [3.05, 3.63) is 41.5 Å². The molecule has 0 unspecified atom stereocenters. The van der Waals surface area contributed by atoms with Crippen molar-refractivity contribution in [1.29, 1.82) is 5.26 Å². The number of rotatable bonds is 2. The predicted octanol–water partition coefficient (Wildman–Crippen LogP) is 0.737. The molecule has 0 bridgehead atoms. The Labute approximate surface area is 90.9 Å². The summed E-state index contributed by atoms with van der Waals surface area (Å²) in [4.78, 5) is 0. The molecule has 0 aliphatic carbocycles. The predicted molar refractivity (Wildman–Crippen MR) is 53.9 cm³/mol. The van der Waals surface area contributed by atoms with Crippen LogP contribution in [-0.2, 0) is 6.54 Å². The smallest absolute Gasteiger partial charge is 0.141 e. The van der Waals surface area contributed by atoms with Gasteiger partial charge in [0.05, 0.1) is 23.1 Å². The summed E-state index contributed by atoms with van der Waals surface area (Å²) in [5.74, 6) is -0.555. The standard InChI is InChI=1S/C10H8FN5/c11-10-2-1-8(3-7(10)4-12)16-9(5-13)6-14-15-16/h1-3,6H,5,13H2. The fourth-order valence-corrected chi connectivity index (χ4v) is 1.34. The molecular formula is C10H8FN5. The SMILES string of the molecule is N#Cc1cc(-n2nncc2CN)ccc1F. The Morgan fingerprint density at radius 2 is 2.31 bits per heavy atom. The van der Waals surface area contributed by atoms with E-state index in [1.807, 2.05) is 0 Å². The van der Waals surface area contributed by atoms with Gasteiger partial charge in [-0.2, -0.15) is 5.26 Å². The van der Waals surface area contributed by atoms with Crippen molar-refractivity contribution in [1.82, 2.24) is 15.0 Å². The number of nitriles is 1. The first-order valence-electron chi connectivity index (χ1n) is 4.56. The number of aromatic nitrogens is 3. The van der Waals surface area contributed by atoms with E-state index in [0.29, 0.717) is 11.4 Å². The number of hydrogen-bond acceptors (Lipinski definition) is 4. The second-order valence-electron chi connectivity index (χ2n) is 3.12. The molecule has 2 rings (SSSR count). The third kappa shape index (κ3) is 1.64. The molecular weight excluding hydrogens is 209 g/mol. The molecule has 2 N–H and O–H groups in total. The van der Waals surface area contributed by atoms with Gasteiger partial charge in [0.1, 0.15) is 11.9 Å². The number of halogens is 1. The van der Waals surface area contributed by atoms with Crippen LogP contribution in [0.4, 0.5) is 4.39 Å². The van der Waals surface area contributed by atoms with Crippen LogP contribution < -0.4 is 5.73 Å². The fraction of sp³-hybridized carbons (Fsp3) is 0.100. The van der Waals surface area contributed by atoms with Crippen LogP contribution in [0.5, 0.6) is 0 Å². The zero-order valence-corrected chi connectivity index (χ0v) is 8.26. The third-order valence-corrected chi connectivity index (χ3v) is 2.14. The van der Waals surface area contributed by atoms with Crippen LogP contribution in [0, 0.1) is 17.1 Å². The fourth-order valence-electron chi connectivity index (χ4n) is 1.34. The zero-order chi connectivity index (χ0) is 11.5. The summed E-state index contributed by atoms with van der Waals surface area (Å²) >= 11 is 0. The summed E-state index contributed by atoms with van der Waals surface area (Å²) < 4.78 is 14.6. The second kappa shape index (κ2) is 4.08. The van der Waals surface area contributed by atoms with Gasteiger partial charge in [0.25, 0.3) is 0 Å². The summed E-state index contributed by atoms with van der Waals surface area (Å²) in [7, 11) is 0. The molecule has 0 fully saturated rings. The Balaban J connectivity index is 2.53. The minimum absolute atomic E-state index is 0.0315. The van der Waals surface area contributed by atoms with Crippen LogP contribution in [0.15, 0.2) is 24.4 Å². The minimum Gasteiger partial charge on any atom is -0.325 e. The highest BCUT2D eigenvalue weighted by Gasteiger charge is 2.08. The maximum atomic E-state index is 13.1. The maximum Gasteiger partial charge on any atom is 0.141 e. The van der Waals surface area contributed by atoms with Gasteiger partial charge in [0.15, 0.2) is 0 Å². The van der Waals surface area contributed by atoms with E-state index in [2.05, 4.69) is 10.3 Å². The quantitative estimate of drug-likeness (QED) is 0.804. The first-order chi connectivity index (χ1) is 7.76. The van der Waals surface area contributed by atoms with Crippen LogP contribution in [0.3, 0.4) is 0 Å². The molecule has 0 spiro atoms. The minimum atomic E-state index is -0.555. The topological polar surface area (TPSA) is 80.5 Å². The van der Waals surface area contributed by atoms with E-state index in [1.54, 1.807) is 6.07 Å². The summed E-state index contributed by atoms with van der Waals surface area (Å²) in [6.45, 7) is 0.270. The number of hydrogen-bond donors (Lipinski definition) is 1. The molecule has 0 saturated heterocycles. The maximum absolute atomic E-state index is 13.1. The van der Waals surface area contributed by atoms with Gasteiger partial charge < -0.3 is 5.73 Å². The molecule has 1 aromatic carbocycles. The third-order valence-electron chi connectivity index (χ3n) is 2.14. The Hall–Kier alpha value is -2.26. The van der Waals surface area contributed by atoms with Crippen molar-refractivity contribution >= 4 is 0 Å².